The second kappa shape index (κ2) is 3.99. The largest absolute Gasteiger partial charge is 0.466 e. The Bertz CT molecular complexity index is 345. The van der Waals surface area contributed by atoms with Crippen molar-refractivity contribution in [3.63, 3.8) is 0 Å². The predicted octanol–water partition coefficient (Wildman–Crippen LogP) is 1.71. The minimum atomic E-state index is -0.737. The second-order valence-electron chi connectivity index (χ2n) is 4.33. The van der Waals surface area contributed by atoms with E-state index in [2.05, 4.69) is 6.92 Å². The first-order valence-corrected chi connectivity index (χ1v) is 5.74. The number of rotatable bonds is 3. The van der Waals surface area contributed by atoms with Crippen molar-refractivity contribution in [2.24, 2.45) is 5.73 Å². The van der Waals surface area contributed by atoms with Gasteiger partial charge in [0, 0.05) is 18.4 Å². The van der Waals surface area contributed by atoms with Gasteiger partial charge in [0.05, 0.1) is 5.60 Å². The summed E-state index contributed by atoms with van der Waals surface area (Å²) in [4.78, 5) is 0. The normalized spacial score (nSPS) is 25.3. The van der Waals surface area contributed by atoms with E-state index < -0.39 is 5.60 Å². The average molecular weight is 209 g/mol. The van der Waals surface area contributed by atoms with Crippen molar-refractivity contribution in [1.82, 2.24) is 0 Å². The molecule has 0 fully saturated rings. The van der Waals surface area contributed by atoms with Crippen molar-refractivity contribution in [1.29, 1.82) is 0 Å². The summed E-state index contributed by atoms with van der Waals surface area (Å²) in [6, 6.07) is 2.00. The maximum Gasteiger partial charge on any atom is 0.110 e. The van der Waals surface area contributed by atoms with E-state index in [1.165, 1.54) is 0 Å². The van der Waals surface area contributed by atoms with Gasteiger partial charge in [-0.1, -0.05) is 6.92 Å². The molecule has 0 saturated carbocycles. The zero-order valence-electron chi connectivity index (χ0n) is 9.25. The maximum atomic E-state index is 10.5. The molecule has 0 aromatic carbocycles. The smallest absolute Gasteiger partial charge is 0.110 e. The minimum absolute atomic E-state index is 0.516. The van der Waals surface area contributed by atoms with Gasteiger partial charge in [-0.25, -0.2) is 0 Å². The Balaban J connectivity index is 2.36. The van der Waals surface area contributed by atoms with E-state index in [9.17, 15) is 5.11 Å². The maximum absolute atomic E-state index is 10.5. The van der Waals surface area contributed by atoms with E-state index in [1.807, 2.05) is 6.07 Å². The lowest BCUT2D eigenvalue weighted by Gasteiger charge is -2.31. The molecule has 0 amide bonds. The highest BCUT2D eigenvalue weighted by Crippen LogP contribution is 2.39. The predicted molar refractivity (Wildman–Crippen MR) is 58.6 cm³/mol. The van der Waals surface area contributed by atoms with Crippen LogP contribution in [0.15, 0.2) is 10.5 Å². The molecule has 15 heavy (non-hydrogen) atoms. The van der Waals surface area contributed by atoms with Gasteiger partial charge in [0.2, 0.25) is 0 Å². The van der Waals surface area contributed by atoms with Crippen LogP contribution in [0.4, 0.5) is 0 Å². The molecule has 1 aromatic rings. The highest BCUT2D eigenvalue weighted by Gasteiger charge is 2.36. The Kier molecular flexibility index (Phi) is 2.85. The van der Waals surface area contributed by atoms with E-state index in [0.717, 1.165) is 42.8 Å². The molecule has 3 N–H and O–H groups in total. The van der Waals surface area contributed by atoms with Crippen molar-refractivity contribution in [3.05, 3.63) is 23.2 Å². The van der Waals surface area contributed by atoms with Crippen LogP contribution < -0.4 is 5.73 Å². The Morgan fingerprint density at radius 2 is 2.40 bits per heavy atom. The first kappa shape index (κ1) is 10.7. The zero-order valence-corrected chi connectivity index (χ0v) is 9.25. The monoisotopic (exact) mass is 209 g/mol. The number of aryl methyl sites for hydroxylation is 2. The van der Waals surface area contributed by atoms with Gasteiger partial charge >= 0.3 is 0 Å². The topological polar surface area (TPSA) is 59.4 Å². The van der Waals surface area contributed by atoms with E-state index in [-0.39, 0.29) is 0 Å². The van der Waals surface area contributed by atoms with Gasteiger partial charge in [-0.05, 0) is 31.9 Å². The van der Waals surface area contributed by atoms with Crippen LogP contribution in [0, 0.1) is 0 Å². The Hall–Kier alpha value is -0.800. The fraction of sp³-hybridized carbons (Fsp3) is 0.667. The molecular weight excluding hydrogens is 190 g/mol. The molecule has 1 aromatic heterocycles. The van der Waals surface area contributed by atoms with Gasteiger partial charge in [0.1, 0.15) is 11.5 Å². The molecule has 0 bridgehead atoms. The van der Waals surface area contributed by atoms with Gasteiger partial charge < -0.3 is 15.3 Å². The molecule has 1 aliphatic carbocycles. The lowest BCUT2D eigenvalue weighted by molar-refractivity contribution is 0.0104. The van der Waals surface area contributed by atoms with Crippen LogP contribution >= 0.6 is 0 Å². The Morgan fingerprint density at radius 1 is 1.60 bits per heavy atom. The first-order chi connectivity index (χ1) is 7.19. The van der Waals surface area contributed by atoms with E-state index in [0.29, 0.717) is 13.0 Å². The fourth-order valence-electron chi connectivity index (χ4n) is 2.41. The zero-order chi connectivity index (χ0) is 10.9. The van der Waals surface area contributed by atoms with Crippen LogP contribution in [-0.2, 0) is 18.4 Å². The molecule has 0 radical (unpaired) electrons. The summed E-state index contributed by atoms with van der Waals surface area (Å²) in [5.41, 5.74) is 5.80. The lowest BCUT2D eigenvalue weighted by atomic mass is 9.80. The van der Waals surface area contributed by atoms with Gasteiger partial charge in [0.25, 0.3) is 0 Å². The molecule has 0 spiro atoms. The molecule has 2 rings (SSSR count). The van der Waals surface area contributed by atoms with Crippen molar-refractivity contribution in [3.8, 4) is 0 Å². The van der Waals surface area contributed by atoms with Crippen molar-refractivity contribution in [2.45, 2.75) is 44.6 Å². The number of aliphatic hydroxyl groups is 1. The van der Waals surface area contributed by atoms with Gasteiger partial charge in [-0.3, -0.25) is 0 Å². The molecule has 1 unspecified atom stereocenters. The third-order valence-corrected chi connectivity index (χ3v) is 3.26. The molecule has 0 saturated heterocycles. The molecule has 1 atom stereocenters. The van der Waals surface area contributed by atoms with Crippen LogP contribution in [0.5, 0.6) is 0 Å². The summed E-state index contributed by atoms with van der Waals surface area (Å²) in [6.07, 6.45) is 4.25. The molecule has 1 heterocycles. The van der Waals surface area contributed by atoms with Crippen LogP contribution in [0.3, 0.4) is 0 Å². The summed E-state index contributed by atoms with van der Waals surface area (Å²) in [5, 5.41) is 10.5. The molecule has 0 aliphatic heterocycles. The van der Waals surface area contributed by atoms with Crippen LogP contribution in [0.2, 0.25) is 0 Å². The third-order valence-electron chi connectivity index (χ3n) is 3.26. The summed E-state index contributed by atoms with van der Waals surface area (Å²) in [5.74, 6) is 1.94. The van der Waals surface area contributed by atoms with Crippen LogP contribution in [0.1, 0.15) is 43.3 Å². The van der Waals surface area contributed by atoms with E-state index >= 15 is 0 Å². The minimum Gasteiger partial charge on any atom is -0.466 e. The summed E-state index contributed by atoms with van der Waals surface area (Å²) >= 11 is 0. The average Bonchev–Trinajstić information content (AvgIpc) is 2.63. The first-order valence-electron chi connectivity index (χ1n) is 5.74. The lowest BCUT2D eigenvalue weighted by Crippen LogP contribution is -2.32. The van der Waals surface area contributed by atoms with Gasteiger partial charge in [-0.2, -0.15) is 0 Å². The number of hydrogen-bond acceptors (Lipinski definition) is 3. The molecular formula is C12H19NO2. The highest BCUT2D eigenvalue weighted by atomic mass is 16.3. The number of fused-ring (bicyclic) bond motifs is 1. The highest BCUT2D eigenvalue weighted by molar-refractivity contribution is 5.30. The third kappa shape index (κ3) is 1.82. The van der Waals surface area contributed by atoms with Crippen LogP contribution in [-0.4, -0.2) is 11.7 Å². The SMILES string of the molecule is CCc1cc2c(o1)CCCC2(O)CCN. The summed E-state index contributed by atoms with van der Waals surface area (Å²) < 4.78 is 5.70. The molecule has 3 nitrogen and oxygen atoms in total. The summed E-state index contributed by atoms with van der Waals surface area (Å²) in [6.45, 7) is 2.58. The standard InChI is InChI=1S/C12H19NO2/c1-2-9-8-10-11(15-9)4-3-5-12(10,14)6-7-13/h8,14H,2-7,13H2,1H3. The molecule has 3 heteroatoms. The fourth-order valence-corrected chi connectivity index (χ4v) is 2.41. The summed E-state index contributed by atoms with van der Waals surface area (Å²) in [7, 11) is 0. The van der Waals surface area contributed by atoms with Crippen molar-refractivity contribution < 1.29 is 9.52 Å². The molecule has 1 aliphatic rings. The van der Waals surface area contributed by atoms with Crippen molar-refractivity contribution >= 4 is 0 Å². The Morgan fingerprint density at radius 3 is 3.07 bits per heavy atom. The van der Waals surface area contributed by atoms with Gasteiger partial charge in [-0.15, -0.1) is 0 Å². The van der Waals surface area contributed by atoms with Crippen molar-refractivity contribution in [2.75, 3.05) is 6.54 Å². The number of hydrogen-bond donors (Lipinski definition) is 2. The second-order valence-corrected chi connectivity index (χ2v) is 4.33. The van der Waals surface area contributed by atoms with E-state index in [4.69, 9.17) is 10.2 Å². The van der Waals surface area contributed by atoms with Crippen LogP contribution in [0.25, 0.3) is 0 Å². The number of nitrogens with two attached hydrogens (primary N) is 1. The number of furan rings is 1. The Labute approximate surface area is 90.3 Å². The molecule has 84 valence electrons. The quantitative estimate of drug-likeness (QED) is 0.796. The van der Waals surface area contributed by atoms with E-state index in [1.54, 1.807) is 0 Å². The van der Waals surface area contributed by atoms with Gasteiger partial charge in [0.15, 0.2) is 0 Å².